The van der Waals surface area contributed by atoms with Crippen molar-refractivity contribution in [3.05, 3.63) is 106 Å². The van der Waals surface area contributed by atoms with Gasteiger partial charge in [-0.05, 0) is 67.6 Å². The maximum atomic E-state index is 13.7. The molecular formula is C31H32FN3O4S. The Morgan fingerprint density at radius 2 is 1.77 bits per heavy atom. The van der Waals surface area contributed by atoms with Gasteiger partial charge in [0.1, 0.15) is 16.7 Å². The number of hydrogen-bond donors (Lipinski definition) is 2. The number of thioether (sulfide) groups is 1. The van der Waals surface area contributed by atoms with Crippen molar-refractivity contribution in [2.75, 3.05) is 5.88 Å². The summed E-state index contributed by atoms with van der Waals surface area (Å²) >= 11 is 1.49. The first-order valence-electron chi connectivity index (χ1n) is 13.2. The van der Waals surface area contributed by atoms with Gasteiger partial charge in [0.25, 0.3) is 11.8 Å². The number of likely N-dealkylation sites (tertiary alicyclic amines) is 1. The Bertz CT molecular complexity index is 1450. The second-order valence-electron chi connectivity index (χ2n) is 10.6. The number of rotatable bonds is 8. The van der Waals surface area contributed by atoms with Crippen LogP contribution in [0.1, 0.15) is 39.5 Å². The SMILES string of the molecule is Cc1ccccc1CN1C(=O)[C@H]2N(C(=O)[C@@H](O)C(Cc3ccccc3)NC(=O)c3ccc(F)cc3C)CSC21C. The van der Waals surface area contributed by atoms with Crippen LogP contribution in [0.4, 0.5) is 4.39 Å². The minimum absolute atomic E-state index is 0.165. The first-order valence-corrected chi connectivity index (χ1v) is 14.2. The molecule has 0 saturated carbocycles. The molecule has 0 radical (unpaired) electrons. The molecule has 2 aliphatic heterocycles. The molecule has 0 spiro atoms. The highest BCUT2D eigenvalue weighted by Gasteiger charge is 2.65. The summed E-state index contributed by atoms with van der Waals surface area (Å²) in [6, 6.07) is 19.3. The fourth-order valence-corrected chi connectivity index (χ4v) is 6.87. The predicted octanol–water partition coefficient (Wildman–Crippen LogP) is 3.80. The normalized spacial score (nSPS) is 21.4. The van der Waals surface area contributed by atoms with Crippen molar-refractivity contribution in [2.24, 2.45) is 0 Å². The zero-order chi connectivity index (χ0) is 28.6. The van der Waals surface area contributed by atoms with Gasteiger partial charge in [-0.3, -0.25) is 14.4 Å². The summed E-state index contributed by atoms with van der Waals surface area (Å²) in [6.07, 6.45) is -1.40. The van der Waals surface area contributed by atoms with E-state index in [0.717, 1.165) is 16.7 Å². The van der Waals surface area contributed by atoms with E-state index in [9.17, 15) is 23.9 Å². The van der Waals surface area contributed by atoms with Gasteiger partial charge in [-0.25, -0.2) is 4.39 Å². The number of aliphatic hydroxyl groups excluding tert-OH is 1. The molecule has 3 aromatic carbocycles. The summed E-state index contributed by atoms with van der Waals surface area (Å²) in [5.74, 6) is -1.50. The fraction of sp³-hybridized carbons (Fsp3) is 0.323. The third-order valence-corrected chi connectivity index (χ3v) is 9.34. The van der Waals surface area contributed by atoms with Gasteiger partial charge in [0.2, 0.25) is 5.91 Å². The zero-order valence-electron chi connectivity index (χ0n) is 22.6. The third-order valence-electron chi connectivity index (χ3n) is 7.91. The van der Waals surface area contributed by atoms with Crippen LogP contribution in [0.25, 0.3) is 0 Å². The van der Waals surface area contributed by atoms with E-state index < -0.39 is 40.7 Å². The molecule has 208 valence electrons. The van der Waals surface area contributed by atoms with Crippen molar-refractivity contribution in [2.45, 2.75) is 56.8 Å². The van der Waals surface area contributed by atoms with Crippen molar-refractivity contribution >= 4 is 29.5 Å². The number of aliphatic hydroxyl groups is 1. The second-order valence-corrected chi connectivity index (χ2v) is 11.9. The highest BCUT2D eigenvalue weighted by Crippen LogP contribution is 2.51. The maximum Gasteiger partial charge on any atom is 0.255 e. The largest absolute Gasteiger partial charge is 0.381 e. The standard InChI is InChI=1S/C31H32FN3O4S/c1-19-9-7-8-12-22(19)17-35-30(39)27-31(35,3)40-18-34(27)29(38)26(36)25(16-21-10-5-4-6-11-21)33-28(37)24-14-13-23(32)15-20(24)2/h4-15,25-27,36H,16-18H2,1-3H3,(H,33,37)/t25?,26-,27+,31?/m0/s1. The smallest absolute Gasteiger partial charge is 0.255 e. The molecule has 7 nitrogen and oxygen atoms in total. The Labute approximate surface area is 237 Å². The molecule has 2 saturated heterocycles. The highest BCUT2D eigenvalue weighted by molar-refractivity contribution is 8.01. The Kier molecular flexibility index (Phi) is 7.70. The lowest BCUT2D eigenvalue weighted by Crippen LogP contribution is -2.73. The van der Waals surface area contributed by atoms with Crippen LogP contribution in [0.5, 0.6) is 0 Å². The zero-order valence-corrected chi connectivity index (χ0v) is 23.5. The molecule has 3 amide bonds. The van der Waals surface area contributed by atoms with Crippen LogP contribution < -0.4 is 5.32 Å². The van der Waals surface area contributed by atoms with Gasteiger partial charge in [0.15, 0.2) is 6.10 Å². The lowest BCUT2D eigenvalue weighted by Gasteiger charge is -2.53. The Hall–Kier alpha value is -3.69. The number of halogens is 1. The van der Waals surface area contributed by atoms with Crippen LogP contribution in [-0.4, -0.2) is 61.6 Å². The molecule has 0 aliphatic carbocycles. The van der Waals surface area contributed by atoms with Crippen molar-refractivity contribution in [3.8, 4) is 0 Å². The first-order chi connectivity index (χ1) is 19.1. The monoisotopic (exact) mass is 561 g/mol. The summed E-state index contributed by atoms with van der Waals surface area (Å²) in [5, 5.41) is 14.1. The molecule has 2 heterocycles. The number of nitrogens with one attached hydrogen (secondary N) is 1. The number of fused-ring (bicyclic) bond motifs is 1. The van der Waals surface area contributed by atoms with Crippen LogP contribution in [0.3, 0.4) is 0 Å². The molecule has 2 aliphatic rings. The van der Waals surface area contributed by atoms with Gasteiger partial charge < -0.3 is 20.2 Å². The minimum Gasteiger partial charge on any atom is -0.381 e. The van der Waals surface area contributed by atoms with Gasteiger partial charge in [-0.1, -0.05) is 54.6 Å². The Balaban J connectivity index is 1.35. The predicted molar refractivity (Wildman–Crippen MR) is 152 cm³/mol. The van der Waals surface area contributed by atoms with E-state index in [1.54, 1.807) is 11.8 Å². The molecule has 9 heteroatoms. The minimum atomic E-state index is -1.59. The summed E-state index contributed by atoms with van der Waals surface area (Å²) in [6.45, 7) is 6.02. The van der Waals surface area contributed by atoms with E-state index in [-0.39, 0.29) is 23.8 Å². The lowest BCUT2D eigenvalue weighted by molar-refractivity contribution is -0.168. The molecule has 5 rings (SSSR count). The highest BCUT2D eigenvalue weighted by atomic mass is 32.2. The quantitative estimate of drug-likeness (QED) is 0.409. The van der Waals surface area contributed by atoms with Crippen LogP contribution in [0.15, 0.2) is 72.8 Å². The summed E-state index contributed by atoms with van der Waals surface area (Å²) in [4.78, 5) is 42.8. The topological polar surface area (TPSA) is 90.0 Å². The van der Waals surface area contributed by atoms with Crippen molar-refractivity contribution in [1.82, 2.24) is 15.1 Å². The number of nitrogens with zero attached hydrogens (tertiary/aromatic N) is 2. The van der Waals surface area contributed by atoms with Gasteiger partial charge in [-0.15, -0.1) is 11.8 Å². The van der Waals surface area contributed by atoms with Gasteiger partial charge >= 0.3 is 0 Å². The number of benzene rings is 3. The number of carbonyl (C=O) groups excluding carboxylic acids is 3. The van der Waals surface area contributed by atoms with Crippen molar-refractivity contribution < 1.29 is 23.9 Å². The maximum absolute atomic E-state index is 13.7. The Morgan fingerprint density at radius 1 is 1.07 bits per heavy atom. The summed E-state index contributed by atoms with van der Waals surface area (Å²) in [5.41, 5.74) is 3.65. The number of hydrogen-bond acceptors (Lipinski definition) is 5. The van der Waals surface area contributed by atoms with Crippen LogP contribution in [-0.2, 0) is 22.6 Å². The van der Waals surface area contributed by atoms with Gasteiger partial charge in [-0.2, -0.15) is 0 Å². The lowest BCUT2D eigenvalue weighted by atomic mass is 9.91. The van der Waals surface area contributed by atoms with E-state index in [1.807, 2.05) is 68.4 Å². The number of amides is 3. The van der Waals surface area contributed by atoms with Crippen LogP contribution in [0, 0.1) is 19.7 Å². The van der Waals surface area contributed by atoms with E-state index >= 15 is 0 Å². The fourth-order valence-electron chi connectivity index (χ4n) is 5.49. The second kappa shape index (κ2) is 11.1. The molecular weight excluding hydrogens is 529 g/mol. The summed E-state index contributed by atoms with van der Waals surface area (Å²) in [7, 11) is 0. The molecule has 3 aromatic rings. The average molecular weight is 562 g/mol. The third kappa shape index (κ3) is 5.11. The number of carbonyl (C=O) groups is 3. The molecule has 2 unspecified atom stereocenters. The number of β-lactam (4-membered cyclic amide) rings is 1. The van der Waals surface area contributed by atoms with Crippen molar-refractivity contribution in [3.63, 3.8) is 0 Å². The average Bonchev–Trinajstić information content (AvgIpc) is 3.25. The molecule has 4 atom stereocenters. The van der Waals surface area contributed by atoms with Crippen LogP contribution in [0.2, 0.25) is 0 Å². The van der Waals surface area contributed by atoms with Crippen LogP contribution >= 0.6 is 11.8 Å². The molecule has 40 heavy (non-hydrogen) atoms. The molecule has 2 N–H and O–H groups in total. The van der Waals surface area contributed by atoms with E-state index in [4.69, 9.17) is 0 Å². The van der Waals surface area contributed by atoms with E-state index in [0.29, 0.717) is 12.1 Å². The molecule has 2 fully saturated rings. The van der Waals surface area contributed by atoms with E-state index in [1.165, 1.54) is 34.9 Å². The molecule has 0 aromatic heterocycles. The van der Waals surface area contributed by atoms with Gasteiger partial charge in [0, 0.05) is 12.1 Å². The molecule has 0 bridgehead atoms. The van der Waals surface area contributed by atoms with E-state index in [2.05, 4.69) is 5.32 Å². The van der Waals surface area contributed by atoms with Crippen molar-refractivity contribution in [1.29, 1.82) is 0 Å². The first kappa shape index (κ1) is 27.9. The van der Waals surface area contributed by atoms with Gasteiger partial charge in [0.05, 0.1) is 11.9 Å². The Morgan fingerprint density at radius 3 is 2.48 bits per heavy atom. The summed E-state index contributed by atoms with van der Waals surface area (Å²) < 4.78 is 13.6. The number of aryl methyl sites for hydroxylation is 2.